The highest BCUT2D eigenvalue weighted by molar-refractivity contribution is 6.07. The summed E-state index contributed by atoms with van der Waals surface area (Å²) in [4.78, 5) is 19.0. The Morgan fingerprint density at radius 1 is 1.19 bits per heavy atom. The Bertz CT molecular complexity index is 1100. The molecule has 1 aromatic heterocycles. The van der Waals surface area contributed by atoms with Crippen LogP contribution in [0.2, 0.25) is 0 Å². The van der Waals surface area contributed by atoms with Crippen molar-refractivity contribution < 1.29 is 18.3 Å². The van der Waals surface area contributed by atoms with Crippen LogP contribution in [-0.4, -0.2) is 37.8 Å². The first-order chi connectivity index (χ1) is 15.1. The highest BCUT2D eigenvalue weighted by Gasteiger charge is 2.24. The summed E-state index contributed by atoms with van der Waals surface area (Å²) in [6.45, 7) is -0.00689. The van der Waals surface area contributed by atoms with E-state index in [4.69, 9.17) is 4.74 Å². The minimum atomic E-state index is -0.686. The van der Waals surface area contributed by atoms with Gasteiger partial charge in [-0.2, -0.15) is 0 Å². The number of carbonyl (C=O) groups is 1. The molecule has 0 radical (unpaired) electrons. The lowest BCUT2D eigenvalue weighted by Gasteiger charge is -2.22. The molecule has 0 bridgehead atoms. The molecule has 1 aliphatic heterocycles. The van der Waals surface area contributed by atoms with Gasteiger partial charge in [-0.05, 0) is 65.9 Å². The molecule has 0 saturated heterocycles. The van der Waals surface area contributed by atoms with Gasteiger partial charge in [0.15, 0.2) is 11.6 Å². The van der Waals surface area contributed by atoms with E-state index in [1.54, 1.807) is 36.5 Å². The topological polar surface area (TPSA) is 54.5 Å². The molecule has 1 amide bonds. The summed E-state index contributed by atoms with van der Waals surface area (Å²) < 4.78 is 32.3. The zero-order valence-electron chi connectivity index (χ0n) is 17.2. The summed E-state index contributed by atoms with van der Waals surface area (Å²) in [7, 11) is 1.42. The van der Waals surface area contributed by atoms with E-state index in [0.29, 0.717) is 17.8 Å². The Kier molecular flexibility index (Phi) is 6.11. The smallest absolute Gasteiger partial charge is 0.259 e. The Morgan fingerprint density at radius 2 is 2.03 bits per heavy atom. The van der Waals surface area contributed by atoms with Crippen molar-refractivity contribution >= 4 is 17.4 Å². The average molecular weight is 423 g/mol. The molecular weight excluding hydrogens is 400 g/mol. The maximum Gasteiger partial charge on any atom is 0.259 e. The first-order valence-electron chi connectivity index (χ1n) is 10.1. The lowest BCUT2D eigenvalue weighted by molar-refractivity contribution is 0.0983. The number of nitrogens with zero attached hydrogens (tertiary/aromatic N) is 2. The Labute approximate surface area is 179 Å². The van der Waals surface area contributed by atoms with Crippen molar-refractivity contribution in [3.05, 3.63) is 82.8 Å². The van der Waals surface area contributed by atoms with Crippen LogP contribution in [0.1, 0.15) is 27.0 Å². The maximum absolute atomic E-state index is 14.0. The number of amides is 1. The molecule has 1 N–H and O–H groups in total. The lowest BCUT2D eigenvalue weighted by Crippen LogP contribution is -2.34. The van der Waals surface area contributed by atoms with Gasteiger partial charge < -0.3 is 10.1 Å². The van der Waals surface area contributed by atoms with Gasteiger partial charge in [0.25, 0.3) is 5.91 Å². The van der Waals surface area contributed by atoms with E-state index in [-0.39, 0.29) is 18.2 Å². The third-order valence-corrected chi connectivity index (χ3v) is 5.36. The third kappa shape index (κ3) is 4.35. The molecule has 0 fully saturated rings. The van der Waals surface area contributed by atoms with Crippen molar-refractivity contribution in [2.45, 2.75) is 12.8 Å². The number of ether oxygens (including phenoxy) is 1. The quantitative estimate of drug-likeness (QED) is 0.612. The number of anilines is 2. The lowest BCUT2D eigenvalue weighted by atomic mass is 10.0. The minimum Gasteiger partial charge on any atom is -0.494 e. The Hall–Kier alpha value is -3.48. The number of methoxy groups -OCH3 is 1. The van der Waals surface area contributed by atoms with Gasteiger partial charge in [0.05, 0.1) is 13.7 Å². The Balaban J connectivity index is 1.61. The minimum absolute atomic E-state index is 0.0937. The van der Waals surface area contributed by atoms with Crippen molar-refractivity contribution in [3.8, 4) is 5.75 Å². The monoisotopic (exact) mass is 423 g/mol. The fraction of sp³-hybridized carbons (Fsp3) is 0.250. The van der Waals surface area contributed by atoms with Gasteiger partial charge in [0.1, 0.15) is 12.5 Å². The number of alkyl halides is 1. The van der Waals surface area contributed by atoms with Crippen molar-refractivity contribution in [1.29, 1.82) is 0 Å². The Morgan fingerprint density at radius 3 is 2.81 bits per heavy atom. The van der Waals surface area contributed by atoms with Crippen LogP contribution in [0.4, 0.5) is 20.3 Å². The molecule has 0 saturated carbocycles. The van der Waals surface area contributed by atoms with Crippen LogP contribution in [0, 0.1) is 5.82 Å². The second kappa shape index (κ2) is 9.12. The molecule has 160 valence electrons. The van der Waals surface area contributed by atoms with Gasteiger partial charge in [-0.3, -0.25) is 9.69 Å². The number of halogens is 2. The van der Waals surface area contributed by atoms with Crippen LogP contribution in [0.25, 0.3) is 0 Å². The van der Waals surface area contributed by atoms with Crippen molar-refractivity contribution in [3.63, 3.8) is 0 Å². The molecule has 3 aromatic rings. The fourth-order valence-corrected chi connectivity index (χ4v) is 3.87. The van der Waals surface area contributed by atoms with E-state index < -0.39 is 12.5 Å². The number of rotatable bonds is 7. The summed E-state index contributed by atoms with van der Waals surface area (Å²) in [5.74, 6) is -0.158. The summed E-state index contributed by atoms with van der Waals surface area (Å²) in [6, 6.07) is 13.9. The molecule has 7 heteroatoms. The standard InChI is InChI=1S/C24H23F2N3O2/c1-31-22-6-5-16(14-20(22)26)13-17-7-10-28-23(15-17)29(12-9-25)24(30)19-3-2-4-21-18(19)8-11-27-21/h2-7,10,14-15,27H,8-9,11-13H2,1H3. The molecule has 1 aliphatic rings. The van der Waals surface area contributed by atoms with Crippen LogP contribution in [0.15, 0.2) is 54.7 Å². The molecule has 0 atom stereocenters. The largest absolute Gasteiger partial charge is 0.494 e. The highest BCUT2D eigenvalue weighted by atomic mass is 19.1. The predicted octanol–water partition coefficient (Wildman–Crippen LogP) is 4.40. The van der Waals surface area contributed by atoms with Gasteiger partial charge in [0.2, 0.25) is 0 Å². The van der Waals surface area contributed by atoms with Crippen LogP contribution < -0.4 is 15.0 Å². The average Bonchev–Trinajstić information content (AvgIpc) is 3.26. The second-order valence-electron chi connectivity index (χ2n) is 7.32. The third-order valence-electron chi connectivity index (χ3n) is 5.36. The molecule has 2 heterocycles. The molecular formula is C24H23F2N3O2. The van der Waals surface area contributed by atoms with Crippen molar-refractivity contribution in [1.82, 2.24) is 4.98 Å². The van der Waals surface area contributed by atoms with Gasteiger partial charge in [0, 0.05) is 24.0 Å². The van der Waals surface area contributed by atoms with Crippen molar-refractivity contribution in [2.24, 2.45) is 0 Å². The molecule has 31 heavy (non-hydrogen) atoms. The molecule has 2 aromatic carbocycles. The number of hydrogen-bond acceptors (Lipinski definition) is 4. The number of pyridine rings is 1. The molecule has 0 unspecified atom stereocenters. The SMILES string of the molecule is COc1ccc(Cc2ccnc(N(CCF)C(=O)c3cccc4c3CCN4)c2)cc1F. The van der Waals surface area contributed by atoms with Crippen LogP contribution in [-0.2, 0) is 12.8 Å². The predicted molar refractivity (Wildman–Crippen MR) is 116 cm³/mol. The first-order valence-corrected chi connectivity index (χ1v) is 10.1. The zero-order valence-corrected chi connectivity index (χ0v) is 17.2. The van der Waals surface area contributed by atoms with Gasteiger partial charge in [-0.1, -0.05) is 12.1 Å². The summed E-state index contributed by atoms with van der Waals surface area (Å²) in [5, 5.41) is 3.26. The maximum atomic E-state index is 14.0. The molecule has 0 aliphatic carbocycles. The van der Waals surface area contributed by atoms with E-state index in [1.165, 1.54) is 18.1 Å². The normalized spacial score (nSPS) is 12.2. The number of hydrogen-bond donors (Lipinski definition) is 1. The van der Waals surface area contributed by atoms with Crippen LogP contribution in [0.3, 0.4) is 0 Å². The van der Waals surface area contributed by atoms with E-state index in [1.807, 2.05) is 12.1 Å². The molecule has 5 nitrogen and oxygen atoms in total. The van der Waals surface area contributed by atoms with E-state index in [2.05, 4.69) is 10.3 Å². The summed E-state index contributed by atoms with van der Waals surface area (Å²) >= 11 is 0. The zero-order chi connectivity index (χ0) is 21.8. The van der Waals surface area contributed by atoms with Crippen molar-refractivity contribution in [2.75, 3.05) is 37.1 Å². The van der Waals surface area contributed by atoms with Crippen LogP contribution in [0.5, 0.6) is 5.75 Å². The number of aromatic nitrogens is 1. The van der Waals surface area contributed by atoms with Gasteiger partial charge >= 0.3 is 0 Å². The molecule has 4 rings (SSSR count). The number of carbonyl (C=O) groups excluding carboxylic acids is 1. The van der Waals surface area contributed by atoms with E-state index in [9.17, 15) is 13.6 Å². The first kappa shape index (κ1) is 20.8. The fourth-order valence-electron chi connectivity index (χ4n) is 3.87. The number of benzene rings is 2. The summed E-state index contributed by atoms with van der Waals surface area (Å²) in [6.07, 6.45) is 2.77. The van der Waals surface area contributed by atoms with E-state index in [0.717, 1.165) is 35.3 Å². The number of nitrogens with one attached hydrogen (secondary N) is 1. The van der Waals surface area contributed by atoms with Gasteiger partial charge in [-0.25, -0.2) is 13.8 Å². The molecule has 0 spiro atoms. The van der Waals surface area contributed by atoms with Crippen LogP contribution >= 0.6 is 0 Å². The summed E-state index contributed by atoms with van der Waals surface area (Å²) in [5.41, 5.74) is 4.04. The highest BCUT2D eigenvalue weighted by Crippen LogP contribution is 2.28. The van der Waals surface area contributed by atoms with Gasteiger partial charge in [-0.15, -0.1) is 0 Å². The van der Waals surface area contributed by atoms with E-state index >= 15 is 0 Å². The number of fused-ring (bicyclic) bond motifs is 1. The second-order valence-corrected chi connectivity index (χ2v) is 7.32.